The predicted octanol–water partition coefficient (Wildman–Crippen LogP) is 0.692. The SMILES string of the molecule is CN=C(NCc1noc(C)n1)NCC1(C(=O)N(C)C)CCCC1. The van der Waals surface area contributed by atoms with Gasteiger partial charge in [0.15, 0.2) is 11.8 Å². The summed E-state index contributed by atoms with van der Waals surface area (Å²) in [6.07, 6.45) is 4.01. The van der Waals surface area contributed by atoms with Crippen molar-refractivity contribution in [3.63, 3.8) is 0 Å². The summed E-state index contributed by atoms with van der Waals surface area (Å²) in [5.74, 6) is 1.92. The molecule has 2 rings (SSSR count). The maximum absolute atomic E-state index is 12.5. The quantitative estimate of drug-likeness (QED) is 0.612. The molecule has 0 bridgehead atoms. The van der Waals surface area contributed by atoms with E-state index in [9.17, 15) is 4.79 Å². The van der Waals surface area contributed by atoms with Gasteiger partial charge in [0.2, 0.25) is 11.8 Å². The number of hydrogen-bond acceptors (Lipinski definition) is 5. The molecular weight excluding hydrogens is 296 g/mol. The topological polar surface area (TPSA) is 95.6 Å². The van der Waals surface area contributed by atoms with Crippen LogP contribution in [0.1, 0.15) is 37.4 Å². The molecule has 8 heteroatoms. The Bertz CT molecular complexity index is 560. The second-order valence-corrected chi connectivity index (χ2v) is 6.20. The molecule has 0 unspecified atom stereocenters. The molecule has 1 aliphatic rings. The van der Waals surface area contributed by atoms with Gasteiger partial charge in [0.25, 0.3) is 0 Å². The third-order valence-corrected chi connectivity index (χ3v) is 4.22. The lowest BCUT2D eigenvalue weighted by molar-refractivity contribution is -0.138. The van der Waals surface area contributed by atoms with Crippen molar-refractivity contribution in [2.75, 3.05) is 27.7 Å². The molecule has 1 heterocycles. The van der Waals surface area contributed by atoms with Crippen molar-refractivity contribution in [2.45, 2.75) is 39.2 Å². The smallest absolute Gasteiger partial charge is 0.230 e. The molecule has 1 aromatic rings. The highest BCUT2D eigenvalue weighted by molar-refractivity contribution is 5.85. The van der Waals surface area contributed by atoms with Crippen LogP contribution in [0.4, 0.5) is 0 Å². The summed E-state index contributed by atoms with van der Waals surface area (Å²) in [5, 5.41) is 10.2. The lowest BCUT2D eigenvalue weighted by Gasteiger charge is -2.31. The number of nitrogens with zero attached hydrogens (tertiary/aromatic N) is 4. The summed E-state index contributed by atoms with van der Waals surface area (Å²) < 4.78 is 4.93. The molecule has 0 saturated heterocycles. The van der Waals surface area contributed by atoms with E-state index < -0.39 is 0 Å². The van der Waals surface area contributed by atoms with Crippen LogP contribution in [0.25, 0.3) is 0 Å². The summed E-state index contributed by atoms with van der Waals surface area (Å²) in [4.78, 5) is 22.6. The van der Waals surface area contributed by atoms with Gasteiger partial charge in [-0.1, -0.05) is 18.0 Å². The number of carbonyl (C=O) groups is 1. The van der Waals surface area contributed by atoms with Crippen LogP contribution >= 0.6 is 0 Å². The zero-order valence-electron chi connectivity index (χ0n) is 14.3. The third kappa shape index (κ3) is 4.20. The average Bonchev–Trinajstić information content (AvgIpc) is 3.16. The van der Waals surface area contributed by atoms with Crippen molar-refractivity contribution < 1.29 is 9.32 Å². The number of hydrogen-bond donors (Lipinski definition) is 2. The number of amides is 1. The summed E-state index contributed by atoms with van der Waals surface area (Å²) in [6, 6.07) is 0. The maximum atomic E-state index is 12.5. The fraction of sp³-hybridized carbons (Fsp3) is 0.733. The number of rotatable bonds is 5. The zero-order chi connectivity index (χ0) is 16.9. The first-order chi connectivity index (χ1) is 11.0. The highest BCUT2D eigenvalue weighted by atomic mass is 16.5. The minimum atomic E-state index is -0.330. The molecule has 128 valence electrons. The lowest BCUT2D eigenvalue weighted by Crippen LogP contribution is -2.49. The van der Waals surface area contributed by atoms with E-state index in [0.29, 0.717) is 30.8 Å². The van der Waals surface area contributed by atoms with Crippen LogP contribution in [0.2, 0.25) is 0 Å². The largest absolute Gasteiger partial charge is 0.355 e. The van der Waals surface area contributed by atoms with Crippen molar-refractivity contribution in [3.8, 4) is 0 Å². The van der Waals surface area contributed by atoms with Gasteiger partial charge in [-0.2, -0.15) is 4.98 Å². The summed E-state index contributed by atoms with van der Waals surface area (Å²) in [6.45, 7) is 2.75. The molecule has 1 aromatic heterocycles. The van der Waals surface area contributed by atoms with Crippen LogP contribution in [0.5, 0.6) is 0 Å². The van der Waals surface area contributed by atoms with E-state index in [1.54, 1.807) is 18.9 Å². The van der Waals surface area contributed by atoms with Crippen LogP contribution in [-0.2, 0) is 11.3 Å². The van der Waals surface area contributed by atoms with Gasteiger partial charge in [0.05, 0.1) is 12.0 Å². The van der Waals surface area contributed by atoms with Gasteiger partial charge >= 0.3 is 0 Å². The van der Waals surface area contributed by atoms with Crippen molar-refractivity contribution in [3.05, 3.63) is 11.7 Å². The second kappa shape index (κ2) is 7.43. The van der Waals surface area contributed by atoms with E-state index in [0.717, 1.165) is 25.7 Å². The van der Waals surface area contributed by atoms with Gasteiger partial charge in [-0.25, -0.2) is 0 Å². The number of nitrogens with one attached hydrogen (secondary N) is 2. The minimum Gasteiger partial charge on any atom is -0.355 e. The molecule has 0 radical (unpaired) electrons. The average molecular weight is 322 g/mol. The highest BCUT2D eigenvalue weighted by Crippen LogP contribution is 2.38. The molecule has 0 atom stereocenters. The van der Waals surface area contributed by atoms with E-state index >= 15 is 0 Å². The Morgan fingerprint density at radius 2 is 2.04 bits per heavy atom. The summed E-state index contributed by atoms with van der Waals surface area (Å²) in [7, 11) is 5.33. The first-order valence-electron chi connectivity index (χ1n) is 7.92. The van der Waals surface area contributed by atoms with E-state index in [1.807, 2.05) is 14.1 Å². The van der Waals surface area contributed by atoms with Gasteiger partial charge in [-0.3, -0.25) is 9.79 Å². The van der Waals surface area contributed by atoms with Crippen LogP contribution in [-0.4, -0.2) is 54.6 Å². The molecule has 23 heavy (non-hydrogen) atoms. The molecule has 1 fully saturated rings. The summed E-state index contributed by atoms with van der Waals surface area (Å²) >= 11 is 0. The molecule has 1 aliphatic carbocycles. The molecule has 0 aliphatic heterocycles. The Morgan fingerprint density at radius 1 is 1.35 bits per heavy atom. The lowest BCUT2D eigenvalue weighted by atomic mass is 9.84. The monoisotopic (exact) mass is 322 g/mol. The molecule has 1 amide bonds. The number of guanidine groups is 1. The molecular formula is C15H26N6O2. The normalized spacial score (nSPS) is 17.1. The van der Waals surface area contributed by atoms with E-state index in [1.165, 1.54) is 0 Å². The fourth-order valence-electron chi connectivity index (χ4n) is 3.04. The zero-order valence-corrected chi connectivity index (χ0v) is 14.3. The first kappa shape index (κ1) is 17.2. The summed E-state index contributed by atoms with van der Waals surface area (Å²) in [5.41, 5.74) is -0.330. The molecule has 1 saturated carbocycles. The Kier molecular flexibility index (Phi) is 5.57. The molecule has 8 nitrogen and oxygen atoms in total. The Morgan fingerprint density at radius 3 is 2.57 bits per heavy atom. The first-order valence-corrected chi connectivity index (χ1v) is 7.92. The number of aliphatic imine (C=N–C) groups is 1. The van der Waals surface area contributed by atoms with Crippen LogP contribution < -0.4 is 10.6 Å². The van der Waals surface area contributed by atoms with Gasteiger partial charge in [0.1, 0.15) is 0 Å². The van der Waals surface area contributed by atoms with Gasteiger partial charge in [0, 0.05) is 34.6 Å². The van der Waals surface area contributed by atoms with Gasteiger partial charge < -0.3 is 20.1 Å². The van der Waals surface area contributed by atoms with E-state index in [2.05, 4.69) is 25.8 Å². The second-order valence-electron chi connectivity index (χ2n) is 6.20. The predicted molar refractivity (Wildman–Crippen MR) is 86.8 cm³/mol. The molecule has 2 N–H and O–H groups in total. The van der Waals surface area contributed by atoms with Crippen molar-refractivity contribution in [1.82, 2.24) is 25.7 Å². The third-order valence-electron chi connectivity index (χ3n) is 4.22. The minimum absolute atomic E-state index is 0.187. The number of aryl methyl sites for hydroxylation is 1. The van der Waals surface area contributed by atoms with Crippen molar-refractivity contribution in [1.29, 1.82) is 0 Å². The Hall–Kier alpha value is -2.12. The highest BCUT2D eigenvalue weighted by Gasteiger charge is 2.42. The Balaban J connectivity index is 1.92. The van der Waals surface area contributed by atoms with Gasteiger partial charge in [-0.05, 0) is 12.8 Å². The molecule has 0 aromatic carbocycles. The maximum Gasteiger partial charge on any atom is 0.230 e. The fourth-order valence-corrected chi connectivity index (χ4v) is 3.04. The number of carbonyl (C=O) groups excluding carboxylic acids is 1. The standard InChI is InChI=1S/C15H26N6O2/c1-11-19-12(20-23-11)9-17-14(16-2)18-10-15(7-5-6-8-15)13(22)21(3)4/h5-10H2,1-4H3,(H2,16,17,18). The van der Waals surface area contributed by atoms with Crippen LogP contribution in [0, 0.1) is 12.3 Å². The van der Waals surface area contributed by atoms with E-state index in [4.69, 9.17) is 4.52 Å². The van der Waals surface area contributed by atoms with Crippen molar-refractivity contribution >= 4 is 11.9 Å². The van der Waals surface area contributed by atoms with Crippen LogP contribution in [0.3, 0.4) is 0 Å². The van der Waals surface area contributed by atoms with Crippen LogP contribution in [0.15, 0.2) is 9.52 Å². The molecule has 0 spiro atoms. The van der Waals surface area contributed by atoms with Gasteiger partial charge in [-0.15, -0.1) is 0 Å². The van der Waals surface area contributed by atoms with Crippen molar-refractivity contribution in [2.24, 2.45) is 10.4 Å². The Labute approximate surface area is 136 Å². The number of aromatic nitrogens is 2. The van der Waals surface area contributed by atoms with E-state index in [-0.39, 0.29) is 11.3 Å².